The van der Waals surface area contributed by atoms with Crippen LogP contribution in [0.4, 0.5) is 15.8 Å². The molecule has 1 amide bonds. The lowest BCUT2D eigenvalue weighted by Gasteiger charge is -2.49. The molecule has 4 nitrogen and oxygen atoms in total. The molecule has 31 heavy (non-hydrogen) atoms. The molecule has 3 heterocycles. The van der Waals surface area contributed by atoms with Gasteiger partial charge in [0, 0.05) is 36.7 Å². The lowest BCUT2D eigenvalue weighted by Crippen LogP contribution is -2.61. The van der Waals surface area contributed by atoms with E-state index in [4.69, 9.17) is 0 Å². The summed E-state index contributed by atoms with van der Waals surface area (Å²) in [5, 5.41) is 5.23. The zero-order valence-electron chi connectivity index (χ0n) is 17.3. The molecule has 2 aromatic carbocycles. The number of piperazine rings is 1. The summed E-state index contributed by atoms with van der Waals surface area (Å²) in [6.07, 6.45) is 1.57. The number of fused-ring (bicyclic) bond motifs is 3. The predicted octanol–water partition coefficient (Wildman–Crippen LogP) is 4.11. The number of nitrogens with zero attached hydrogens (tertiary/aromatic N) is 2. The van der Waals surface area contributed by atoms with E-state index in [1.807, 2.05) is 24.3 Å². The van der Waals surface area contributed by atoms with Gasteiger partial charge in [-0.15, -0.1) is 11.3 Å². The Morgan fingerprint density at radius 2 is 1.84 bits per heavy atom. The number of hydrogen-bond donors (Lipinski definition) is 1. The normalized spacial score (nSPS) is 20.2. The quantitative estimate of drug-likeness (QED) is 0.655. The first-order valence-corrected chi connectivity index (χ1v) is 11.7. The molecule has 0 radical (unpaired) electrons. The lowest BCUT2D eigenvalue weighted by molar-refractivity contribution is -0.125. The molecular weight excluding hydrogens is 409 g/mol. The van der Waals surface area contributed by atoms with E-state index in [1.165, 1.54) is 22.2 Å². The zero-order chi connectivity index (χ0) is 21.2. The van der Waals surface area contributed by atoms with E-state index in [-0.39, 0.29) is 23.7 Å². The Balaban J connectivity index is 1.37. The Morgan fingerprint density at radius 1 is 1.03 bits per heavy atom. The number of thiophene rings is 1. The number of anilines is 2. The van der Waals surface area contributed by atoms with Crippen molar-refractivity contribution in [1.29, 1.82) is 0 Å². The molecule has 2 atom stereocenters. The van der Waals surface area contributed by atoms with Crippen molar-refractivity contribution < 1.29 is 9.18 Å². The number of benzene rings is 2. The summed E-state index contributed by atoms with van der Waals surface area (Å²) in [6.45, 7) is 2.78. The smallest absolute Gasteiger partial charge is 0.225 e. The monoisotopic (exact) mass is 435 g/mol. The minimum Gasteiger partial charge on any atom is -0.365 e. The second-order valence-corrected chi connectivity index (χ2v) is 9.25. The summed E-state index contributed by atoms with van der Waals surface area (Å²) in [7, 11) is 0. The van der Waals surface area contributed by atoms with Gasteiger partial charge < -0.3 is 15.1 Å². The topological polar surface area (TPSA) is 35.6 Å². The molecule has 0 saturated carbocycles. The number of carbonyl (C=O) groups excluding carboxylic acids is 1. The number of hydrogen-bond acceptors (Lipinski definition) is 4. The maximum atomic E-state index is 14.5. The van der Waals surface area contributed by atoms with Crippen molar-refractivity contribution in [3.63, 3.8) is 0 Å². The summed E-state index contributed by atoms with van der Waals surface area (Å²) < 4.78 is 14.5. The van der Waals surface area contributed by atoms with Crippen molar-refractivity contribution in [3.05, 3.63) is 82.3 Å². The number of nitrogens with one attached hydrogen (secondary N) is 1. The molecule has 1 aromatic heterocycles. The molecular formula is C25H26FN3OS. The van der Waals surface area contributed by atoms with Crippen LogP contribution < -0.4 is 15.1 Å². The van der Waals surface area contributed by atoms with Crippen molar-refractivity contribution >= 4 is 28.6 Å². The molecule has 1 saturated heterocycles. The highest BCUT2D eigenvalue weighted by Crippen LogP contribution is 2.37. The number of rotatable bonds is 5. The van der Waals surface area contributed by atoms with Gasteiger partial charge in [-0.05, 0) is 48.1 Å². The molecule has 3 aromatic rings. The first kappa shape index (κ1) is 20.1. The Labute approximate surface area is 186 Å². The molecule has 0 unspecified atom stereocenters. The molecule has 5 rings (SSSR count). The Bertz CT molecular complexity index is 1050. The van der Waals surface area contributed by atoms with Crippen LogP contribution >= 0.6 is 11.3 Å². The van der Waals surface area contributed by atoms with Crippen molar-refractivity contribution in [2.75, 3.05) is 36.0 Å². The first-order valence-electron chi connectivity index (χ1n) is 10.8. The Kier molecular flexibility index (Phi) is 5.64. The van der Waals surface area contributed by atoms with Crippen molar-refractivity contribution in [2.45, 2.75) is 18.9 Å². The van der Waals surface area contributed by atoms with Crippen LogP contribution in [0.3, 0.4) is 0 Å². The van der Waals surface area contributed by atoms with E-state index in [0.717, 1.165) is 19.5 Å². The number of carbonyl (C=O) groups is 1. The number of amides is 1. The van der Waals surface area contributed by atoms with Gasteiger partial charge in [0.2, 0.25) is 5.91 Å². The van der Waals surface area contributed by atoms with Crippen molar-refractivity contribution in [1.82, 2.24) is 5.32 Å². The fourth-order valence-electron chi connectivity index (χ4n) is 4.88. The Hall–Kier alpha value is -2.86. The fourth-order valence-corrected chi connectivity index (χ4v) is 5.59. The highest BCUT2D eigenvalue weighted by atomic mass is 32.1. The zero-order valence-corrected chi connectivity index (χ0v) is 18.2. The third-order valence-electron chi connectivity index (χ3n) is 6.40. The average molecular weight is 436 g/mol. The van der Waals surface area contributed by atoms with Crippen LogP contribution in [0.15, 0.2) is 66.0 Å². The van der Waals surface area contributed by atoms with Gasteiger partial charge in [0.1, 0.15) is 5.82 Å². The van der Waals surface area contributed by atoms with Gasteiger partial charge in [-0.3, -0.25) is 4.79 Å². The summed E-state index contributed by atoms with van der Waals surface area (Å²) >= 11 is 1.72. The predicted molar refractivity (Wildman–Crippen MR) is 124 cm³/mol. The third kappa shape index (κ3) is 4.04. The van der Waals surface area contributed by atoms with E-state index >= 15 is 0 Å². The van der Waals surface area contributed by atoms with Gasteiger partial charge in [-0.1, -0.05) is 36.4 Å². The second-order valence-electron chi connectivity index (χ2n) is 8.22. The summed E-state index contributed by atoms with van der Waals surface area (Å²) in [6, 6.07) is 19.5. The first-order chi connectivity index (χ1) is 15.2. The van der Waals surface area contributed by atoms with Crippen LogP contribution in [0.2, 0.25) is 0 Å². The maximum absolute atomic E-state index is 14.5. The summed E-state index contributed by atoms with van der Waals surface area (Å²) in [4.78, 5) is 19.0. The minimum atomic E-state index is -0.205. The van der Waals surface area contributed by atoms with Crippen LogP contribution in [0.5, 0.6) is 0 Å². The van der Waals surface area contributed by atoms with Crippen LogP contribution in [-0.2, 0) is 17.6 Å². The summed E-state index contributed by atoms with van der Waals surface area (Å²) in [5.74, 6) is -0.270. The highest BCUT2D eigenvalue weighted by molar-refractivity contribution is 7.09. The summed E-state index contributed by atoms with van der Waals surface area (Å²) in [5.41, 5.74) is 3.05. The van der Waals surface area contributed by atoms with E-state index in [0.29, 0.717) is 25.2 Å². The Morgan fingerprint density at radius 3 is 2.65 bits per heavy atom. The molecule has 0 bridgehead atoms. The number of para-hydroxylation sites is 2. The van der Waals surface area contributed by atoms with Gasteiger partial charge >= 0.3 is 0 Å². The SMILES string of the molecule is O=C(NCCc1cccs1)[C@H]1Cc2ccccc2N2CCN(c3ccccc3F)C[C@H]12. The van der Waals surface area contributed by atoms with E-state index in [9.17, 15) is 9.18 Å². The third-order valence-corrected chi connectivity index (χ3v) is 7.34. The molecule has 6 heteroatoms. The largest absolute Gasteiger partial charge is 0.365 e. The van der Waals surface area contributed by atoms with Gasteiger partial charge in [0.05, 0.1) is 17.6 Å². The van der Waals surface area contributed by atoms with E-state index in [2.05, 4.69) is 44.8 Å². The van der Waals surface area contributed by atoms with E-state index < -0.39 is 0 Å². The average Bonchev–Trinajstić information content (AvgIpc) is 3.32. The van der Waals surface area contributed by atoms with E-state index in [1.54, 1.807) is 17.4 Å². The van der Waals surface area contributed by atoms with Crippen molar-refractivity contribution in [2.24, 2.45) is 5.92 Å². The van der Waals surface area contributed by atoms with Gasteiger partial charge in [-0.25, -0.2) is 4.39 Å². The van der Waals surface area contributed by atoms with Crippen LogP contribution in [0.1, 0.15) is 10.4 Å². The fraction of sp³-hybridized carbons (Fsp3) is 0.320. The molecule has 2 aliphatic rings. The number of halogens is 1. The van der Waals surface area contributed by atoms with Crippen molar-refractivity contribution in [3.8, 4) is 0 Å². The molecule has 160 valence electrons. The van der Waals surface area contributed by atoms with Gasteiger partial charge in [0.25, 0.3) is 0 Å². The molecule has 2 aliphatic heterocycles. The van der Waals surface area contributed by atoms with Gasteiger partial charge in [0.15, 0.2) is 0 Å². The van der Waals surface area contributed by atoms with Crippen LogP contribution in [-0.4, -0.2) is 38.1 Å². The highest BCUT2D eigenvalue weighted by Gasteiger charge is 2.41. The van der Waals surface area contributed by atoms with Crippen LogP contribution in [0.25, 0.3) is 0 Å². The standard InChI is InChI=1S/C25H26FN3OS/c26-21-8-2-4-10-23(21)28-13-14-29-22-9-3-1-6-18(22)16-20(24(29)17-28)25(30)27-12-11-19-7-5-15-31-19/h1-10,15,20,24H,11-14,16-17H2,(H,27,30)/t20-,24+/m0/s1. The van der Waals surface area contributed by atoms with Crippen LogP contribution in [0, 0.1) is 11.7 Å². The maximum Gasteiger partial charge on any atom is 0.225 e. The molecule has 0 spiro atoms. The lowest BCUT2D eigenvalue weighted by atomic mass is 9.83. The minimum absolute atomic E-state index is 0.0185. The molecule has 1 fully saturated rings. The molecule has 1 N–H and O–H groups in total. The molecule has 0 aliphatic carbocycles. The second kappa shape index (κ2) is 8.71. The van der Waals surface area contributed by atoms with Gasteiger partial charge in [-0.2, -0.15) is 0 Å².